The zero-order chi connectivity index (χ0) is 23.5. The van der Waals surface area contributed by atoms with Crippen LogP contribution in [0, 0.1) is 11.6 Å². The van der Waals surface area contributed by atoms with Gasteiger partial charge in [-0.25, -0.2) is 18.7 Å². The number of benzene rings is 1. The number of rotatable bonds is 6. The second-order valence-corrected chi connectivity index (χ2v) is 8.98. The first-order chi connectivity index (χ1) is 15.8. The molecular weight excluding hydrogens is 490 g/mol. The summed E-state index contributed by atoms with van der Waals surface area (Å²) in [5.41, 5.74) is 3.74. The fourth-order valence-corrected chi connectivity index (χ4v) is 3.90. The monoisotopic (exact) mass is 512 g/mol. The lowest BCUT2D eigenvalue weighted by Crippen LogP contribution is -2.26. The molecule has 8 heteroatoms. The number of ether oxygens (including phenoxy) is 1. The van der Waals surface area contributed by atoms with Crippen LogP contribution in [0.15, 0.2) is 70.8 Å². The third kappa shape index (κ3) is 5.27. The molecule has 0 aliphatic carbocycles. The summed E-state index contributed by atoms with van der Waals surface area (Å²) in [6.07, 6.45) is 5.40. The standard InChI is InChI=1S/C25H23BrF2N4O/c1-15(2)25-30-9-7-22(31-25)23-12-19(6-8-29-23)32-13-20(26)24(10-16(32)3)33-14-17-4-5-18(27)11-21(17)28/h4-12,15H,13-14H2,1-3H3. The molecule has 0 saturated heterocycles. The van der Waals surface area contributed by atoms with Gasteiger partial charge in [0.15, 0.2) is 0 Å². The predicted octanol–water partition coefficient (Wildman–Crippen LogP) is 6.49. The number of pyridine rings is 1. The van der Waals surface area contributed by atoms with E-state index in [9.17, 15) is 8.78 Å². The van der Waals surface area contributed by atoms with Crippen molar-refractivity contribution in [1.82, 2.24) is 15.0 Å². The van der Waals surface area contributed by atoms with E-state index in [0.717, 1.165) is 39.1 Å². The van der Waals surface area contributed by atoms with Gasteiger partial charge < -0.3 is 9.64 Å². The Morgan fingerprint density at radius 3 is 2.61 bits per heavy atom. The van der Waals surface area contributed by atoms with Gasteiger partial charge in [-0.05, 0) is 53.2 Å². The topological polar surface area (TPSA) is 51.1 Å². The van der Waals surface area contributed by atoms with Crippen molar-refractivity contribution in [1.29, 1.82) is 0 Å². The Balaban J connectivity index is 1.52. The van der Waals surface area contributed by atoms with Gasteiger partial charge in [-0.15, -0.1) is 0 Å². The SMILES string of the molecule is CC1=CC(OCc2ccc(F)cc2F)=C(Br)CN1c1ccnc(-c2ccnc(C(C)C)n2)c1. The summed E-state index contributed by atoms with van der Waals surface area (Å²) < 4.78 is 33.7. The Hall–Kier alpha value is -3.13. The molecule has 0 N–H and O–H groups in total. The lowest BCUT2D eigenvalue weighted by atomic mass is 10.1. The van der Waals surface area contributed by atoms with Gasteiger partial charge in [-0.2, -0.15) is 0 Å². The summed E-state index contributed by atoms with van der Waals surface area (Å²) in [5, 5.41) is 0. The maximum atomic E-state index is 13.9. The number of hydrogen-bond donors (Lipinski definition) is 0. The first-order valence-electron chi connectivity index (χ1n) is 10.5. The second kappa shape index (κ2) is 9.79. The van der Waals surface area contributed by atoms with Gasteiger partial charge in [0.1, 0.15) is 29.8 Å². The minimum atomic E-state index is -0.625. The summed E-state index contributed by atoms with van der Waals surface area (Å²) in [4.78, 5) is 15.6. The lowest BCUT2D eigenvalue weighted by Gasteiger charge is -2.30. The molecule has 1 aromatic carbocycles. The molecule has 0 fully saturated rings. The van der Waals surface area contributed by atoms with Crippen LogP contribution in [0.25, 0.3) is 11.4 Å². The van der Waals surface area contributed by atoms with Crippen LogP contribution in [-0.2, 0) is 11.3 Å². The van der Waals surface area contributed by atoms with Crippen LogP contribution >= 0.6 is 15.9 Å². The summed E-state index contributed by atoms with van der Waals surface area (Å²) in [5.74, 6) is 0.376. The second-order valence-electron chi connectivity index (χ2n) is 8.02. The molecule has 0 spiro atoms. The number of halogens is 3. The van der Waals surface area contributed by atoms with Crippen molar-refractivity contribution in [2.75, 3.05) is 11.4 Å². The number of aromatic nitrogens is 3. The highest BCUT2D eigenvalue weighted by molar-refractivity contribution is 9.11. The van der Waals surface area contributed by atoms with Crippen molar-refractivity contribution in [2.24, 2.45) is 0 Å². The zero-order valence-corrected chi connectivity index (χ0v) is 20.1. The van der Waals surface area contributed by atoms with Gasteiger partial charge in [-0.3, -0.25) is 4.98 Å². The molecule has 33 heavy (non-hydrogen) atoms. The van der Waals surface area contributed by atoms with Gasteiger partial charge in [0.05, 0.1) is 22.4 Å². The molecule has 1 aliphatic rings. The minimum absolute atomic E-state index is 0.00558. The lowest BCUT2D eigenvalue weighted by molar-refractivity contribution is 0.204. The Kier molecular flexibility index (Phi) is 6.83. The summed E-state index contributed by atoms with van der Waals surface area (Å²) >= 11 is 3.59. The van der Waals surface area contributed by atoms with Gasteiger partial charge in [0.2, 0.25) is 0 Å². The van der Waals surface area contributed by atoms with Crippen molar-refractivity contribution < 1.29 is 13.5 Å². The molecule has 0 radical (unpaired) electrons. The van der Waals surface area contributed by atoms with E-state index in [1.807, 2.05) is 31.2 Å². The first-order valence-corrected chi connectivity index (χ1v) is 11.3. The number of allylic oxidation sites excluding steroid dienone is 2. The molecule has 4 rings (SSSR count). The fourth-order valence-electron chi connectivity index (χ4n) is 3.42. The van der Waals surface area contributed by atoms with Crippen LogP contribution in [0.2, 0.25) is 0 Å². The third-order valence-corrected chi connectivity index (χ3v) is 5.88. The first kappa shape index (κ1) is 23.0. The molecular formula is C25H23BrF2N4O. The fraction of sp³-hybridized carbons (Fsp3) is 0.240. The van der Waals surface area contributed by atoms with Crippen LogP contribution < -0.4 is 4.90 Å². The molecule has 0 unspecified atom stereocenters. The number of hydrogen-bond acceptors (Lipinski definition) is 5. The van der Waals surface area contributed by atoms with Crippen LogP contribution in [-0.4, -0.2) is 21.5 Å². The van der Waals surface area contributed by atoms with E-state index < -0.39 is 11.6 Å². The minimum Gasteiger partial charge on any atom is -0.488 e. The molecule has 0 bridgehead atoms. The smallest absolute Gasteiger partial charge is 0.133 e. The molecule has 5 nitrogen and oxygen atoms in total. The van der Waals surface area contributed by atoms with E-state index in [0.29, 0.717) is 17.9 Å². The molecule has 2 aromatic heterocycles. The maximum absolute atomic E-state index is 13.9. The van der Waals surface area contributed by atoms with E-state index >= 15 is 0 Å². The van der Waals surface area contributed by atoms with Crippen LogP contribution in [0.5, 0.6) is 0 Å². The maximum Gasteiger partial charge on any atom is 0.133 e. The molecule has 0 saturated carbocycles. The van der Waals surface area contributed by atoms with Gasteiger partial charge in [0.25, 0.3) is 0 Å². The summed E-state index contributed by atoms with van der Waals surface area (Å²) in [7, 11) is 0. The molecule has 3 aromatic rings. The van der Waals surface area contributed by atoms with Gasteiger partial charge in [-0.1, -0.05) is 13.8 Å². The van der Waals surface area contributed by atoms with E-state index in [4.69, 9.17) is 4.74 Å². The Bertz CT molecular complexity index is 1240. The molecule has 1 aliphatic heterocycles. The van der Waals surface area contributed by atoms with Gasteiger partial charge >= 0.3 is 0 Å². The van der Waals surface area contributed by atoms with E-state index in [2.05, 4.69) is 49.6 Å². The average molecular weight is 513 g/mol. The summed E-state index contributed by atoms with van der Waals surface area (Å²) in [6, 6.07) is 9.25. The molecule has 0 amide bonds. The van der Waals surface area contributed by atoms with Crippen molar-refractivity contribution in [2.45, 2.75) is 33.3 Å². The van der Waals surface area contributed by atoms with Crippen molar-refractivity contribution in [3.8, 4) is 11.4 Å². The predicted molar refractivity (Wildman–Crippen MR) is 128 cm³/mol. The average Bonchev–Trinajstić information content (AvgIpc) is 2.80. The Labute approximate surface area is 200 Å². The highest BCUT2D eigenvalue weighted by Crippen LogP contribution is 2.32. The van der Waals surface area contributed by atoms with Gasteiger partial charge in [0, 0.05) is 47.4 Å². The Morgan fingerprint density at radius 2 is 1.85 bits per heavy atom. The van der Waals surface area contributed by atoms with Crippen molar-refractivity contribution >= 4 is 21.6 Å². The van der Waals surface area contributed by atoms with E-state index in [-0.39, 0.29) is 12.5 Å². The number of nitrogens with zero attached hydrogens (tertiary/aromatic N) is 4. The van der Waals surface area contributed by atoms with E-state index in [1.165, 1.54) is 12.1 Å². The quantitative estimate of drug-likeness (QED) is 0.377. The third-order valence-electron chi connectivity index (χ3n) is 5.24. The van der Waals surface area contributed by atoms with Crippen molar-refractivity contribution in [3.63, 3.8) is 0 Å². The van der Waals surface area contributed by atoms with Crippen LogP contribution in [0.4, 0.5) is 14.5 Å². The van der Waals surface area contributed by atoms with E-state index in [1.54, 1.807) is 12.4 Å². The zero-order valence-electron chi connectivity index (χ0n) is 18.5. The van der Waals surface area contributed by atoms with Crippen LogP contribution in [0.3, 0.4) is 0 Å². The normalized spacial score (nSPS) is 14.0. The molecule has 170 valence electrons. The molecule has 0 atom stereocenters. The van der Waals surface area contributed by atoms with Crippen molar-refractivity contribution in [3.05, 3.63) is 93.8 Å². The summed E-state index contributed by atoms with van der Waals surface area (Å²) in [6.45, 7) is 6.63. The molecule has 3 heterocycles. The highest BCUT2D eigenvalue weighted by atomic mass is 79.9. The van der Waals surface area contributed by atoms with Crippen LogP contribution in [0.1, 0.15) is 38.1 Å². The largest absolute Gasteiger partial charge is 0.488 e. The highest BCUT2D eigenvalue weighted by Gasteiger charge is 2.20. The number of anilines is 1. The Morgan fingerprint density at radius 1 is 1.06 bits per heavy atom.